The van der Waals surface area contributed by atoms with Crippen LogP contribution in [0.5, 0.6) is 5.75 Å². The van der Waals surface area contributed by atoms with Crippen LogP contribution in [0, 0.1) is 0 Å². The maximum atomic E-state index is 6.08. The van der Waals surface area contributed by atoms with Crippen molar-refractivity contribution in [2.24, 2.45) is 5.73 Å². The van der Waals surface area contributed by atoms with Crippen LogP contribution in [0.15, 0.2) is 36.5 Å². The van der Waals surface area contributed by atoms with E-state index in [1.807, 2.05) is 30.3 Å². The lowest BCUT2D eigenvalue weighted by Crippen LogP contribution is -2.02. The van der Waals surface area contributed by atoms with E-state index in [1.165, 1.54) is 0 Å². The molecule has 100 valence electrons. The Morgan fingerprint density at radius 1 is 1.26 bits per heavy atom. The minimum absolute atomic E-state index is 0.439. The first kappa shape index (κ1) is 13.8. The fraction of sp³-hybridized carbons (Fsp3) is 0.267. The summed E-state index contributed by atoms with van der Waals surface area (Å²) >= 11 is 6.08. The number of rotatable bonds is 5. The number of ether oxygens (including phenoxy) is 1. The standard InChI is InChI=1S/C15H17ClN2O/c1-2-12-8-14(3-4-15(12)16)19-10-11-5-6-18-13(7-11)9-17/h3-8H,2,9-10,17H2,1H3. The lowest BCUT2D eigenvalue weighted by molar-refractivity contribution is 0.305. The van der Waals surface area contributed by atoms with Gasteiger partial charge in [0.25, 0.3) is 0 Å². The molecule has 2 rings (SSSR count). The van der Waals surface area contributed by atoms with Crippen molar-refractivity contribution >= 4 is 11.6 Å². The van der Waals surface area contributed by atoms with Gasteiger partial charge in [-0.2, -0.15) is 0 Å². The zero-order chi connectivity index (χ0) is 13.7. The molecule has 0 spiro atoms. The highest BCUT2D eigenvalue weighted by Gasteiger charge is 2.02. The number of aryl methyl sites for hydroxylation is 1. The summed E-state index contributed by atoms with van der Waals surface area (Å²) in [5.41, 5.74) is 8.58. The van der Waals surface area contributed by atoms with Crippen molar-refractivity contribution < 1.29 is 4.74 Å². The van der Waals surface area contributed by atoms with Crippen LogP contribution in [-0.4, -0.2) is 4.98 Å². The van der Waals surface area contributed by atoms with Crippen LogP contribution in [0.1, 0.15) is 23.7 Å². The maximum absolute atomic E-state index is 6.08. The highest BCUT2D eigenvalue weighted by atomic mass is 35.5. The maximum Gasteiger partial charge on any atom is 0.120 e. The summed E-state index contributed by atoms with van der Waals surface area (Å²) in [5, 5.41) is 0.782. The topological polar surface area (TPSA) is 48.1 Å². The van der Waals surface area contributed by atoms with E-state index < -0.39 is 0 Å². The molecule has 0 saturated carbocycles. The average molecular weight is 277 g/mol. The Hall–Kier alpha value is -1.58. The van der Waals surface area contributed by atoms with Gasteiger partial charge in [0.15, 0.2) is 0 Å². The number of nitrogens with zero attached hydrogens (tertiary/aromatic N) is 1. The summed E-state index contributed by atoms with van der Waals surface area (Å²) in [6, 6.07) is 9.61. The predicted molar refractivity (Wildman–Crippen MR) is 77.3 cm³/mol. The lowest BCUT2D eigenvalue weighted by Gasteiger charge is -2.09. The van der Waals surface area contributed by atoms with Crippen LogP contribution < -0.4 is 10.5 Å². The van der Waals surface area contributed by atoms with Crippen molar-refractivity contribution in [3.05, 3.63) is 58.4 Å². The van der Waals surface area contributed by atoms with E-state index in [0.29, 0.717) is 13.2 Å². The first-order valence-electron chi connectivity index (χ1n) is 6.28. The van der Waals surface area contributed by atoms with E-state index in [2.05, 4.69) is 11.9 Å². The molecule has 1 aromatic carbocycles. The lowest BCUT2D eigenvalue weighted by atomic mass is 10.1. The van der Waals surface area contributed by atoms with Gasteiger partial charge in [0.2, 0.25) is 0 Å². The summed E-state index contributed by atoms with van der Waals surface area (Å²) in [5.74, 6) is 0.826. The molecule has 0 bridgehead atoms. The van der Waals surface area contributed by atoms with E-state index in [1.54, 1.807) is 6.20 Å². The fourth-order valence-corrected chi connectivity index (χ4v) is 2.06. The fourth-order valence-electron chi connectivity index (χ4n) is 1.81. The van der Waals surface area contributed by atoms with E-state index in [4.69, 9.17) is 22.1 Å². The SMILES string of the molecule is CCc1cc(OCc2ccnc(CN)c2)ccc1Cl. The van der Waals surface area contributed by atoms with Crippen molar-refractivity contribution in [2.45, 2.75) is 26.5 Å². The molecule has 19 heavy (non-hydrogen) atoms. The Labute approximate surface area is 118 Å². The molecule has 2 aromatic rings. The molecule has 0 radical (unpaired) electrons. The zero-order valence-corrected chi connectivity index (χ0v) is 11.7. The third kappa shape index (κ3) is 3.69. The molecule has 1 aromatic heterocycles. The first-order chi connectivity index (χ1) is 9.22. The van der Waals surface area contributed by atoms with Crippen molar-refractivity contribution in [1.29, 1.82) is 0 Å². The number of halogens is 1. The largest absolute Gasteiger partial charge is 0.489 e. The van der Waals surface area contributed by atoms with Gasteiger partial charge in [-0.3, -0.25) is 4.98 Å². The molecule has 0 atom stereocenters. The van der Waals surface area contributed by atoms with Gasteiger partial charge < -0.3 is 10.5 Å². The molecule has 4 heteroatoms. The Morgan fingerprint density at radius 3 is 2.84 bits per heavy atom. The van der Waals surface area contributed by atoms with Gasteiger partial charge in [-0.15, -0.1) is 0 Å². The summed E-state index contributed by atoms with van der Waals surface area (Å²) < 4.78 is 5.76. The predicted octanol–water partition coefficient (Wildman–Crippen LogP) is 3.34. The van der Waals surface area contributed by atoms with E-state index in [-0.39, 0.29) is 0 Å². The summed E-state index contributed by atoms with van der Waals surface area (Å²) in [7, 11) is 0. The second-order valence-corrected chi connectivity index (χ2v) is 4.66. The molecule has 0 aliphatic rings. The number of nitrogens with two attached hydrogens (primary N) is 1. The average Bonchev–Trinajstić information content (AvgIpc) is 2.46. The highest BCUT2D eigenvalue weighted by Crippen LogP contribution is 2.23. The minimum Gasteiger partial charge on any atom is -0.489 e. The van der Waals surface area contributed by atoms with Gasteiger partial charge in [0.1, 0.15) is 12.4 Å². The zero-order valence-electron chi connectivity index (χ0n) is 10.9. The van der Waals surface area contributed by atoms with E-state index in [0.717, 1.165) is 34.0 Å². The van der Waals surface area contributed by atoms with Crippen LogP contribution >= 0.6 is 11.6 Å². The van der Waals surface area contributed by atoms with Crippen LogP contribution in [0.2, 0.25) is 5.02 Å². The second-order valence-electron chi connectivity index (χ2n) is 4.25. The monoisotopic (exact) mass is 276 g/mol. The number of aromatic nitrogens is 1. The normalized spacial score (nSPS) is 10.5. The molecule has 0 aliphatic heterocycles. The summed E-state index contributed by atoms with van der Waals surface area (Å²) in [4.78, 5) is 4.15. The highest BCUT2D eigenvalue weighted by molar-refractivity contribution is 6.31. The van der Waals surface area contributed by atoms with Crippen LogP contribution in [0.4, 0.5) is 0 Å². The molecular weight excluding hydrogens is 260 g/mol. The number of benzene rings is 1. The number of hydrogen-bond donors (Lipinski definition) is 1. The van der Waals surface area contributed by atoms with Crippen LogP contribution in [0.3, 0.4) is 0 Å². The Balaban J connectivity index is 2.05. The van der Waals surface area contributed by atoms with Gasteiger partial charge in [-0.25, -0.2) is 0 Å². The molecular formula is C15H17ClN2O. The smallest absolute Gasteiger partial charge is 0.120 e. The van der Waals surface area contributed by atoms with Crippen molar-refractivity contribution in [2.75, 3.05) is 0 Å². The van der Waals surface area contributed by atoms with Crippen molar-refractivity contribution in [3.63, 3.8) is 0 Å². The first-order valence-corrected chi connectivity index (χ1v) is 6.65. The van der Waals surface area contributed by atoms with Crippen molar-refractivity contribution in [1.82, 2.24) is 4.98 Å². The van der Waals surface area contributed by atoms with Gasteiger partial charge >= 0.3 is 0 Å². The molecule has 0 unspecified atom stereocenters. The van der Waals surface area contributed by atoms with Crippen molar-refractivity contribution in [3.8, 4) is 5.75 Å². The second kappa shape index (κ2) is 6.55. The Morgan fingerprint density at radius 2 is 2.11 bits per heavy atom. The quantitative estimate of drug-likeness (QED) is 0.911. The summed E-state index contributed by atoms with van der Waals surface area (Å²) in [6.45, 7) is 3.01. The van der Waals surface area contributed by atoms with E-state index in [9.17, 15) is 0 Å². The van der Waals surface area contributed by atoms with Crippen LogP contribution in [-0.2, 0) is 19.6 Å². The Bertz CT molecular complexity index is 558. The van der Waals surface area contributed by atoms with Gasteiger partial charge in [0.05, 0.1) is 5.69 Å². The third-order valence-electron chi connectivity index (χ3n) is 2.89. The third-order valence-corrected chi connectivity index (χ3v) is 3.26. The van der Waals surface area contributed by atoms with Gasteiger partial charge in [-0.1, -0.05) is 18.5 Å². The molecule has 0 saturated heterocycles. The van der Waals surface area contributed by atoms with Gasteiger partial charge in [-0.05, 0) is 47.9 Å². The van der Waals surface area contributed by atoms with Crippen LogP contribution in [0.25, 0.3) is 0 Å². The molecule has 0 amide bonds. The molecule has 1 heterocycles. The van der Waals surface area contributed by atoms with Gasteiger partial charge in [0, 0.05) is 17.8 Å². The minimum atomic E-state index is 0.439. The molecule has 0 fully saturated rings. The summed E-state index contributed by atoms with van der Waals surface area (Å²) in [6.07, 6.45) is 2.64. The molecule has 0 aliphatic carbocycles. The molecule has 2 N–H and O–H groups in total. The number of hydrogen-bond acceptors (Lipinski definition) is 3. The Kier molecular flexibility index (Phi) is 4.77. The molecule has 3 nitrogen and oxygen atoms in total. The van der Waals surface area contributed by atoms with E-state index >= 15 is 0 Å². The number of pyridine rings is 1.